The summed E-state index contributed by atoms with van der Waals surface area (Å²) in [5.74, 6) is -0.424. The lowest BCUT2D eigenvalue weighted by Crippen LogP contribution is -2.14. The number of aromatic amines is 2. The molecule has 120 valence electrons. The van der Waals surface area contributed by atoms with Crippen LogP contribution >= 0.6 is 11.6 Å². The molecule has 0 aliphatic carbocycles. The second-order valence-electron chi connectivity index (χ2n) is 5.50. The van der Waals surface area contributed by atoms with Crippen molar-refractivity contribution in [2.24, 2.45) is 0 Å². The summed E-state index contributed by atoms with van der Waals surface area (Å²) in [4.78, 5) is 19.2. The first-order chi connectivity index (χ1) is 11.5. The number of halogens is 2. The molecule has 0 aliphatic heterocycles. The summed E-state index contributed by atoms with van der Waals surface area (Å²) in [7, 11) is 0. The van der Waals surface area contributed by atoms with Crippen LogP contribution in [0.1, 0.15) is 5.56 Å². The van der Waals surface area contributed by atoms with Crippen LogP contribution in [0.5, 0.6) is 0 Å². The van der Waals surface area contributed by atoms with Gasteiger partial charge in [-0.3, -0.25) is 14.9 Å². The van der Waals surface area contributed by atoms with Gasteiger partial charge in [-0.25, -0.2) is 4.39 Å². The number of nitrogens with two attached hydrogens (primary N) is 1. The van der Waals surface area contributed by atoms with E-state index in [4.69, 9.17) is 17.3 Å². The molecule has 4 N–H and O–H groups in total. The van der Waals surface area contributed by atoms with E-state index in [0.717, 1.165) is 0 Å². The first kappa shape index (κ1) is 14.6. The van der Waals surface area contributed by atoms with Gasteiger partial charge in [0.2, 0.25) is 0 Å². The molecule has 24 heavy (non-hydrogen) atoms. The van der Waals surface area contributed by atoms with E-state index in [1.807, 2.05) is 0 Å². The molecule has 4 aromatic rings. The smallest absolute Gasteiger partial charge is 0.272 e. The Labute approximate surface area is 139 Å². The summed E-state index contributed by atoms with van der Waals surface area (Å²) in [6.07, 6.45) is 2.97. The third-order valence-electron chi connectivity index (χ3n) is 3.99. The van der Waals surface area contributed by atoms with E-state index in [9.17, 15) is 9.18 Å². The van der Waals surface area contributed by atoms with Gasteiger partial charge in [0.25, 0.3) is 5.56 Å². The molecular formula is C16H11ClFN5O. The Bertz CT molecular complexity index is 1180. The molecule has 0 spiro atoms. The van der Waals surface area contributed by atoms with Gasteiger partial charge in [0.15, 0.2) is 0 Å². The van der Waals surface area contributed by atoms with E-state index < -0.39 is 11.4 Å². The van der Waals surface area contributed by atoms with E-state index in [0.29, 0.717) is 38.1 Å². The van der Waals surface area contributed by atoms with Crippen LogP contribution in [0.4, 0.5) is 10.1 Å². The first-order valence-electron chi connectivity index (χ1n) is 7.07. The Balaban J connectivity index is 2.25. The number of nitrogen functional groups attached to an aromatic ring is 1. The van der Waals surface area contributed by atoms with E-state index >= 15 is 0 Å². The van der Waals surface area contributed by atoms with Crippen molar-refractivity contribution in [2.45, 2.75) is 6.92 Å². The molecule has 1 aromatic carbocycles. The zero-order valence-electron chi connectivity index (χ0n) is 12.4. The number of benzene rings is 1. The third-order valence-corrected chi connectivity index (χ3v) is 4.20. The summed E-state index contributed by atoms with van der Waals surface area (Å²) in [6, 6.07) is 2.97. The number of hydrogen-bond donors (Lipinski definition) is 3. The van der Waals surface area contributed by atoms with E-state index in [-0.39, 0.29) is 11.2 Å². The van der Waals surface area contributed by atoms with E-state index in [2.05, 4.69) is 20.2 Å². The fraction of sp³-hybridized carbons (Fsp3) is 0.0625. The number of anilines is 1. The molecule has 0 saturated carbocycles. The Morgan fingerprint density at radius 1 is 1.25 bits per heavy atom. The Morgan fingerprint density at radius 2 is 2.04 bits per heavy atom. The molecule has 0 fully saturated rings. The predicted octanol–water partition coefficient (Wildman–Crippen LogP) is 3.15. The minimum Gasteiger partial charge on any atom is -0.394 e. The second-order valence-corrected chi connectivity index (χ2v) is 5.94. The first-order valence-corrected chi connectivity index (χ1v) is 7.44. The van der Waals surface area contributed by atoms with Crippen LogP contribution in [-0.4, -0.2) is 20.2 Å². The minimum atomic E-state index is -0.457. The van der Waals surface area contributed by atoms with Gasteiger partial charge in [0, 0.05) is 22.7 Å². The number of hydrogen-bond acceptors (Lipinski definition) is 4. The van der Waals surface area contributed by atoms with Crippen molar-refractivity contribution < 1.29 is 4.39 Å². The molecule has 0 saturated heterocycles. The third kappa shape index (κ3) is 1.98. The quantitative estimate of drug-likeness (QED) is 0.494. The lowest BCUT2D eigenvalue weighted by atomic mass is 9.95. The topological polar surface area (TPSA) is 100 Å². The van der Waals surface area contributed by atoms with Crippen LogP contribution in [0.25, 0.3) is 33.1 Å². The monoisotopic (exact) mass is 343 g/mol. The van der Waals surface area contributed by atoms with Crippen LogP contribution in [0, 0.1) is 12.7 Å². The number of aromatic nitrogens is 4. The maximum Gasteiger partial charge on any atom is 0.272 e. The number of rotatable bonds is 1. The lowest BCUT2D eigenvalue weighted by Gasteiger charge is -2.13. The Hall–Kier alpha value is -2.93. The highest BCUT2D eigenvalue weighted by atomic mass is 35.5. The maximum atomic E-state index is 14.1. The van der Waals surface area contributed by atoms with Gasteiger partial charge in [-0.1, -0.05) is 11.6 Å². The Morgan fingerprint density at radius 3 is 2.83 bits per heavy atom. The number of aryl methyl sites for hydroxylation is 1. The van der Waals surface area contributed by atoms with Crippen molar-refractivity contribution in [3.63, 3.8) is 0 Å². The van der Waals surface area contributed by atoms with E-state index in [1.165, 1.54) is 18.5 Å². The van der Waals surface area contributed by atoms with Crippen LogP contribution in [0.2, 0.25) is 5.02 Å². The molecule has 0 radical (unpaired) electrons. The normalized spacial score (nSPS) is 11.5. The molecule has 0 atom stereocenters. The van der Waals surface area contributed by atoms with Gasteiger partial charge >= 0.3 is 0 Å². The average molecular weight is 344 g/mol. The number of H-pyrrole nitrogens is 2. The summed E-state index contributed by atoms with van der Waals surface area (Å²) >= 11 is 5.96. The Kier molecular flexibility index (Phi) is 3.07. The van der Waals surface area contributed by atoms with Gasteiger partial charge < -0.3 is 10.7 Å². The molecule has 0 unspecified atom stereocenters. The molecular weight excluding hydrogens is 333 g/mol. The summed E-state index contributed by atoms with van der Waals surface area (Å²) in [5.41, 5.74) is 8.46. The predicted molar refractivity (Wildman–Crippen MR) is 91.6 cm³/mol. The summed E-state index contributed by atoms with van der Waals surface area (Å²) in [6.45, 7) is 1.74. The van der Waals surface area contributed by atoms with Crippen molar-refractivity contribution in [2.75, 3.05) is 5.73 Å². The van der Waals surface area contributed by atoms with Gasteiger partial charge in [-0.05, 0) is 24.6 Å². The molecule has 0 aliphatic rings. The van der Waals surface area contributed by atoms with Crippen molar-refractivity contribution in [3.8, 4) is 11.1 Å². The average Bonchev–Trinajstić information content (AvgIpc) is 3.00. The molecule has 6 nitrogen and oxygen atoms in total. The standard InChI is InChI=1S/C16H11ClFN5O/c1-6-2-9(18)14-8(5-21-23-14)11(6)12-13(19)16(24)22-10-3-7(17)4-20-15(10)12/h2-5H,19H2,1H3,(H,21,23)(H,22,24). The molecule has 8 heteroatoms. The fourth-order valence-electron chi connectivity index (χ4n) is 2.95. The molecule has 4 rings (SSSR count). The zero-order valence-corrected chi connectivity index (χ0v) is 13.2. The van der Waals surface area contributed by atoms with Crippen LogP contribution in [0.3, 0.4) is 0 Å². The van der Waals surface area contributed by atoms with Gasteiger partial charge in [0.1, 0.15) is 17.0 Å². The number of nitrogens with one attached hydrogen (secondary N) is 2. The fourth-order valence-corrected chi connectivity index (χ4v) is 3.11. The number of fused-ring (bicyclic) bond motifs is 2. The van der Waals surface area contributed by atoms with Crippen molar-refractivity contribution in [1.29, 1.82) is 0 Å². The minimum absolute atomic E-state index is 0.00882. The maximum absolute atomic E-state index is 14.1. The molecule has 0 bridgehead atoms. The molecule has 3 heterocycles. The molecule has 0 amide bonds. The van der Waals surface area contributed by atoms with Crippen LogP contribution < -0.4 is 11.3 Å². The highest BCUT2D eigenvalue weighted by Gasteiger charge is 2.20. The highest BCUT2D eigenvalue weighted by Crippen LogP contribution is 2.38. The van der Waals surface area contributed by atoms with Crippen LogP contribution in [-0.2, 0) is 0 Å². The van der Waals surface area contributed by atoms with Crippen molar-refractivity contribution in [3.05, 3.63) is 51.3 Å². The number of nitrogens with zero attached hydrogens (tertiary/aromatic N) is 2. The summed E-state index contributed by atoms with van der Waals surface area (Å²) in [5, 5.41) is 7.44. The van der Waals surface area contributed by atoms with Crippen molar-refractivity contribution >= 4 is 39.2 Å². The molecule has 3 aromatic heterocycles. The SMILES string of the molecule is Cc1cc(F)c2[nH]ncc2c1-c1c(N)c(=O)[nH]c2cc(Cl)cnc12. The second kappa shape index (κ2) is 5.04. The number of pyridine rings is 2. The van der Waals surface area contributed by atoms with Gasteiger partial charge in [-0.2, -0.15) is 5.10 Å². The largest absolute Gasteiger partial charge is 0.394 e. The summed E-state index contributed by atoms with van der Waals surface area (Å²) < 4.78 is 14.1. The highest BCUT2D eigenvalue weighted by molar-refractivity contribution is 6.31. The van der Waals surface area contributed by atoms with Crippen LogP contribution in [0.15, 0.2) is 29.3 Å². The lowest BCUT2D eigenvalue weighted by molar-refractivity contribution is 0.635. The van der Waals surface area contributed by atoms with Gasteiger partial charge in [-0.15, -0.1) is 0 Å². The van der Waals surface area contributed by atoms with Crippen molar-refractivity contribution in [1.82, 2.24) is 20.2 Å². The van der Waals surface area contributed by atoms with E-state index in [1.54, 1.807) is 13.0 Å². The van der Waals surface area contributed by atoms with Gasteiger partial charge in [0.05, 0.1) is 22.3 Å². The zero-order chi connectivity index (χ0) is 17.0.